The van der Waals surface area contributed by atoms with Crippen LogP contribution in [0, 0.1) is 5.92 Å². The summed E-state index contributed by atoms with van der Waals surface area (Å²) in [5, 5.41) is -4.18. The Morgan fingerprint density at radius 3 is 2.53 bits per heavy atom. The molecular weight excluding hydrogens is 233 g/mol. The number of rotatable bonds is 3. The molecule has 8 heteroatoms. The van der Waals surface area contributed by atoms with E-state index in [1.54, 1.807) is 6.92 Å². The molecule has 0 spiro atoms. The highest BCUT2D eigenvalue weighted by molar-refractivity contribution is 7.90. The van der Waals surface area contributed by atoms with Crippen LogP contribution in [0.3, 0.4) is 0 Å². The van der Waals surface area contributed by atoms with Crippen LogP contribution in [0.25, 0.3) is 0 Å². The molecule has 0 aromatic carbocycles. The minimum Gasteiger partial charge on any atom is -0.229 e. The van der Waals surface area contributed by atoms with E-state index >= 15 is 0 Å². The van der Waals surface area contributed by atoms with Gasteiger partial charge in [0.2, 0.25) is 0 Å². The van der Waals surface area contributed by atoms with Crippen molar-refractivity contribution in [3.63, 3.8) is 0 Å². The minimum absolute atomic E-state index is 0.0144. The molecule has 1 aliphatic heterocycles. The van der Waals surface area contributed by atoms with Crippen molar-refractivity contribution in [3.05, 3.63) is 0 Å². The normalized spacial score (nSPS) is 25.5. The van der Waals surface area contributed by atoms with E-state index in [1.807, 2.05) is 0 Å². The molecule has 1 aliphatic rings. The summed E-state index contributed by atoms with van der Waals surface area (Å²) in [6.45, 7) is 1.66. The highest BCUT2D eigenvalue weighted by Crippen LogP contribution is 2.30. The molecule has 0 aliphatic carbocycles. The second kappa shape index (κ2) is 4.26. The second-order valence-electron chi connectivity index (χ2n) is 3.76. The van der Waals surface area contributed by atoms with E-state index in [9.17, 15) is 21.7 Å². The van der Waals surface area contributed by atoms with Gasteiger partial charge in [-0.15, -0.1) is 4.48 Å². The first kappa shape index (κ1) is 12.7. The molecule has 0 aromatic heterocycles. The smallest absolute Gasteiger partial charge is 0.229 e. The summed E-state index contributed by atoms with van der Waals surface area (Å²) in [6, 6.07) is 0. The Morgan fingerprint density at radius 1 is 1.47 bits per heavy atom. The molecular formula is C7H13F3N2O2S. The Labute approximate surface area is 86.4 Å². The van der Waals surface area contributed by atoms with Crippen LogP contribution >= 0.6 is 0 Å². The zero-order chi connectivity index (χ0) is 11.7. The van der Waals surface area contributed by atoms with Gasteiger partial charge >= 0.3 is 15.4 Å². The fraction of sp³-hybridized carbons (Fsp3) is 1.00. The summed E-state index contributed by atoms with van der Waals surface area (Å²) in [4.78, 5) is 0.663. The quantitative estimate of drug-likeness (QED) is 0.598. The van der Waals surface area contributed by atoms with Gasteiger partial charge in [-0.05, 0) is 23.7 Å². The fourth-order valence-corrected chi connectivity index (χ4v) is 2.24. The van der Waals surface area contributed by atoms with Gasteiger partial charge in [0.05, 0.1) is 0 Å². The predicted octanol–water partition coefficient (Wildman–Crippen LogP) is 1.07. The van der Waals surface area contributed by atoms with Crippen LogP contribution in [0.4, 0.5) is 13.3 Å². The number of likely N-dealkylation sites (tertiary alicyclic amines) is 1. The van der Waals surface area contributed by atoms with Crippen molar-refractivity contribution >= 4 is 10.0 Å². The molecule has 0 bridgehead atoms. The van der Waals surface area contributed by atoms with E-state index in [0.29, 0.717) is 11.3 Å². The van der Waals surface area contributed by atoms with Crippen molar-refractivity contribution in [2.75, 3.05) is 13.1 Å². The van der Waals surface area contributed by atoms with Gasteiger partial charge in [0.25, 0.3) is 0 Å². The molecule has 1 N–H and O–H groups in total. The molecule has 1 fully saturated rings. The second-order valence-corrected chi connectivity index (χ2v) is 5.41. The van der Waals surface area contributed by atoms with Gasteiger partial charge in [0.1, 0.15) is 0 Å². The monoisotopic (exact) mass is 246 g/mol. The fourth-order valence-electron chi connectivity index (χ4n) is 1.64. The molecule has 15 heavy (non-hydrogen) atoms. The summed E-state index contributed by atoms with van der Waals surface area (Å²) in [7, 11) is -5.24. The molecule has 1 rings (SSSR count). The van der Waals surface area contributed by atoms with Crippen molar-refractivity contribution < 1.29 is 21.7 Å². The van der Waals surface area contributed by atoms with E-state index in [2.05, 4.69) is 0 Å². The Morgan fingerprint density at radius 2 is 2.07 bits per heavy atom. The molecule has 0 aromatic rings. The zero-order valence-corrected chi connectivity index (χ0v) is 9.03. The highest BCUT2D eigenvalue weighted by atomic mass is 32.2. The van der Waals surface area contributed by atoms with E-state index in [1.165, 1.54) is 0 Å². The van der Waals surface area contributed by atoms with Crippen molar-refractivity contribution in [3.8, 4) is 0 Å². The first-order valence-corrected chi connectivity index (χ1v) is 6.04. The van der Waals surface area contributed by atoms with Crippen LogP contribution in [-0.4, -0.2) is 31.8 Å². The number of alkyl halides is 2. The zero-order valence-electron chi connectivity index (χ0n) is 8.21. The maximum Gasteiger partial charge on any atom is 0.422 e. The summed E-state index contributed by atoms with van der Waals surface area (Å²) in [5.41, 5.74) is 0. The van der Waals surface area contributed by atoms with Crippen molar-refractivity contribution in [1.82, 2.24) is 9.84 Å². The number of hydrogen-bond donors (Lipinski definition) is 1. The summed E-state index contributed by atoms with van der Waals surface area (Å²) < 4.78 is 59.9. The summed E-state index contributed by atoms with van der Waals surface area (Å²) in [6.07, 6.45) is 1.26. The lowest BCUT2D eigenvalue weighted by molar-refractivity contribution is -0.0901. The third-order valence-electron chi connectivity index (χ3n) is 2.45. The molecule has 0 saturated carbocycles. The van der Waals surface area contributed by atoms with Gasteiger partial charge in [-0.2, -0.15) is 8.78 Å². The van der Waals surface area contributed by atoms with Crippen LogP contribution in [0.1, 0.15) is 19.8 Å². The Balaban J connectivity index is 2.85. The van der Waals surface area contributed by atoms with Gasteiger partial charge in [0, 0.05) is 13.1 Å². The lowest BCUT2D eigenvalue weighted by atomic mass is 10.0. The molecule has 0 amide bonds. The Hall–Kier alpha value is -0.340. The van der Waals surface area contributed by atoms with Gasteiger partial charge in [0.15, 0.2) is 0 Å². The van der Waals surface area contributed by atoms with Crippen molar-refractivity contribution in [2.24, 2.45) is 5.92 Å². The number of halogens is 3. The van der Waals surface area contributed by atoms with E-state index < -0.39 is 15.4 Å². The van der Waals surface area contributed by atoms with Crippen LogP contribution in [0.5, 0.6) is 0 Å². The molecule has 1 atom stereocenters. The predicted molar refractivity (Wildman–Crippen MR) is 48.1 cm³/mol. The molecule has 1 heterocycles. The Bertz CT molecular complexity index is 320. The average molecular weight is 246 g/mol. The Kier molecular flexibility index (Phi) is 3.62. The highest BCUT2D eigenvalue weighted by Gasteiger charge is 2.51. The number of nitrogens with zero attached hydrogens (tertiary/aromatic N) is 1. The van der Waals surface area contributed by atoms with Gasteiger partial charge < -0.3 is 0 Å². The molecule has 0 radical (unpaired) electrons. The van der Waals surface area contributed by atoms with E-state index in [0.717, 1.165) is 6.42 Å². The number of nitrogens with one attached hydrogen (secondary N) is 1. The number of sulfonamides is 1. The first-order valence-electron chi connectivity index (χ1n) is 4.56. The maximum absolute atomic E-state index is 13.3. The lowest BCUT2D eigenvalue weighted by Gasteiger charge is -2.35. The molecule has 1 saturated heterocycles. The average Bonchev–Trinajstić information content (AvgIpc) is 2.17. The summed E-state index contributed by atoms with van der Waals surface area (Å²) in [5.74, 6) is -0.0144. The van der Waals surface area contributed by atoms with E-state index in [-0.39, 0.29) is 24.0 Å². The van der Waals surface area contributed by atoms with Gasteiger partial charge in [-0.25, -0.2) is 13.3 Å². The first-order chi connectivity index (χ1) is 6.81. The lowest BCUT2D eigenvalue weighted by Crippen LogP contribution is -2.54. The molecule has 90 valence electrons. The standard InChI is InChI=1S/C7H13F3N2O2S/c1-6-3-2-4-12(5-6)7(8,9)15(13,14)11-10/h6,11H,2-5H2,1H3. The van der Waals surface area contributed by atoms with Crippen LogP contribution < -0.4 is 4.94 Å². The SMILES string of the molecule is CC1CCCN(C(F)(F)S(=O)(=O)NF)C1. The maximum atomic E-state index is 13.3. The van der Waals surface area contributed by atoms with Gasteiger partial charge in [-0.1, -0.05) is 6.92 Å². The minimum atomic E-state index is -5.24. The largest absolute Gasteiger partial charge is 0.422 e. The number of hydrogen-bond acceptors (Lipinski definition) is 3. The van der Waals surface area contributed by atoms with Crippen LogP contribution in [0.2, 0.25) is 0 Å². The third kappa shape index (κ3) is 2.43. The topological polar surface area (TPSA) is 49.4 Å². The van der Waals surface area contributed by atoms with E-state index in [4.69, 9.17) is 0 Å². The summed E-state index contributed by atoms with van der Waals surface area (Å²) >= 11 is 0. The molecule has 4 nitrogen and oxygen atoms in total. The van der Waals surface area contributed by atoms with Crippen LogP contribution in [-0.2, 0) is 10.0 Å². The van der Waals surface area contributed by atoms with Crippen LogP contribution in [0.15, 0.2) is 0 Å². The van der Waals surface area contributed by atoms with Crippen molar-refractivity contribution in [1.29, 1.82) is 0 Å². The van der Waals surface area contributed by atoms with Gasteiger partial charge in [-0.3, -0.25) is 0 Å². The van der Waals surface area contributed by atoms with Crippen molar-refractivity contribution in [2.45, 2.75) is 25.1 Å². The number of piperidine rings is 1. The molecule has 1 unspecified atom stereocenters. The third-order valence-corrected chi connectivity index (χ3v) is 3.56.